The molecule has 1 aliphatic rings. The number of rotatable bonds is 41. The van der Waals surface area contributed by atoms with E-state index in [0.717, 1.165) is 64.2 Å². The highest BCUT2D eigenvalue weighted by atomic mass is 16.7. The Bertz CT molecular complexity index is 1040. The summed E-state index contributed by atoms with van der Waals surface area (Å²) in [4.78, 5) is 12.8. The monoisotopic (exact) mass is 835 g/mol. The first kappa shape index (κ1) is 55.2. The van der Waals surface area contributed by atoms with Crippen molar-refractivity contribution < 1.29 is 44.2 Å². The van der Waals surface area contributed by atoms with E-state index in [0.29, 0.717) is 13.0 Å². The lowest BCUT2D eigenvalue weighted by atomic mass is 9.99. The highest BCUT2D eigenvalue weighted by Crippen LogP contribution is 2.22. The molecule has 6 atom stereocenters. The first-order valence-electron chi connectivity index (χ1n) is 24.2. The smallest absolute Gasteiger partial charge is 0.306 e. The average molecular weight is 835 g/mol. The largest absolute Gasteiger partial charge is 0.457 e. The fourth-order valence-corrected chi connectivity index (χ4v) is 7.14. The minimum atomic E-state index is -1.54. The van der Waals surface area contributed by atoms with Crippen molar-refractivity contribution in [1.82, 2.24) is 0 Å². The summed E-state index contributed by atoms with van der Waals surface area (Å²) in [7, 11) is 0. The van der Waals surface area contributed by atoms with Gasteiger partial charge in [0.1, 0.15) is 30.5 Å². The second kappa shape index (κ2) is 41.5. The molecule has 0 spiro atoms. The van der Waals surface area contributed by atoms with Gasteiger partial charge in [-0.2, -0.15) is 0 Å². The fourth-order valence-electron chi connectivity index (χ4n) is 7.14. The normalized spacial score (nSPS) is 20.5. The zero-order valence-electron chi connectivity index (χ0n) is 37.7. The second-order valence-electron chi connectivity index (χ2n) is 16.6. The Morgan fingerprint density at radius 3 is 1.53 bits per heavy atom. The van der Waals surface area contributed by atoms with Gasteiger partial charge in [-0.05, 0) is 77.0 Å². The van der Waals surface area contributed by atoms with Gasteiger partial charge in [0.2, 0.25) is 0 Å². The Balaban J connectivity index is 2.26. The summed E-state index contributed by atoms with van der Waals surface area (Å²) in [6.45, 7) is 4.51. The molecule has 0 aromatic rings. The summed E-state index contributed by atoms with van der Waals surface area (Å²) in [5.74, 6) is -0.328. The standard InChI is InChI=1S/C50H90O9/c1-3-5-7-9-11-13-15-17-19-21-22-23-25-27-29-31-33-35-37-39-46(52)58-44(43-57-50-49(55)48(54)47(53)45(41-51)59-50)42-56-40-38-36-34-32-30-28-26-24-20-18-16-14-12-10-8-6-4-2/h11,13,17,19-20,22-24,44-45,47-51,53-55H,3-10,12,14-16,18,21,25-43H2,1-2H3/b13-11-,19-17-,23-22-,24-20-. The number of aliphatic hydroxyl groups is 4. The zero-order valence-corrected chi connectivity index (χ0v) is 37.7. The molecular weight excluding hydrogens is 745 g/mol. The maximum absolute atomic E-state index is 12.8. The van der Waals surface area contributed by atoms with Crippen LogP contribution in [0.4, 0.5) is 0 Å². The molecule has 59 heavy (non-hydrogen) atoms. The topological polar surface area (TPSA) is 135 Å². The van der Waals surface area contributed by atoms with Crippen molar-refractivity contribution in [3.63, 3.8) is 0 Å². The van der Waals surface area contributed by atoms with E-state index in [1.165, 1.54) is 116 Å². The van der Waals surface area contributed by atoms with Crippen molar-refractivity contribution in [2.45, 2.75) is 237 Å². The van der Waals surface area contributed by atoms with Crippen LogP contribution in [0.15, 0.2) is 48.6 Å². The van der Waals surface area contributed by atoms with E-state index in [1.54, 1.807) is 0 Å². The van der Waals surface area contributed by atoms with Crippen molar-refractivity contribution in [2.24, 2.45) is 0 Å². The van der Waals surface area contributed by atoms with Crippen LogP contribution in [0.5, 0.6) is 0 Å². The van der Waals surface area contributed by atoms with E-state index in [1.807, 2.05) is 0 Å². The summed E-state index contributed by atoms with van der Waals surface area (Å²) < 4.78 is 22.8. The van der Waals surface area contributed by atoms with Gasteiger partial charge in [0, 0.05) is 13.0 Å². The fraction of sp³-hybridized carbons (Fsp3) is 0.820. The molecule has 9 heteroatoms. The van der Waals surface area contributed by atoms with Crippen molar-refractivity contribution in [2.75, 3.05) is 26.4 Å². The molecular formula is C50H90O9. The molecule has 4 N–H and O–H groups in total. The van der Waals surface area contributed by atoms with Crippen molar-refractivity contribution >= 4 is 5.97 Å². The van der Waals surface area contributed by atoms with Gasteiger partial charge in [0.05, 0.1) is 19.8 Å². The van der Waals surface area contributed by atoms with Gasteiger partial charge in [-0.1, -0.05) is 165 Å². The molecule has 6 unspecified atom stereocenters. The Morgan fingerprint density at radius 1 is 0.542 bits per heavy atom. The molecule has 9 nitrogen and oxygen atoms in total. The van der Waals surface area contributed by atoms with Crippen molar-refractivity contribution in [3.05, 3.63) is 48.6 Å². The Labute approximate surface area is 361 Å². The van der Waals surface area contributed by atoms with Crippen molar-refractivity contribution in [1.29, 1.82) is 0 Å². The highest BCUT2D eigenvalue weighted by Gasteiger charge is 2.44. The Hall–Kier alpha value is -1.85. The van der Waals surface area contributed by atoms with Gasteiger partial charge in [0.25, 0.3) is 0 Å². The summed E-state index contributed by atoms with van der Waals surface area (Å²) in [5.41, 5.74) is 0. The first-order chi connectivity index (χ1) is 28.9. The number of carbonyl (C=O) groups excluding carboxylic acids is 1. The first-order valence-corrected chi connectivity index (χ1v) is 24.2. The zero-order chi connectivity index (χ0) is 42.9. The third-order valence-corrected chi connectivity index (χ3v) is 11.0. The third kappa shape index (κ3) is 32.5. The lowest BCUT2D eigenvalue weighted by molar-refractivity contribution is -0.305. The summed E-state index contributed by atoms with van der Waals surface area (Å²) >= 11 is 0. The quantitative estimate of drug-likeness (QED) is 0.0270. The van der Waals surface area contributed by atoms with Crippen LogP contribution >= 0.6 is 0 Å². The molecule has 0 radical (unpaired) electrons. The highest BCUT2D eigenvalue weighted by molar-refractivity contribution is 5.69. The summed E-state index contributed by atoms with van der Waals surface area (Å²) in [6.07, 6.45) is 44.2. The van der Waals surface area contributed by atoms with Crippen LogP contribution in [0.1, 0.15) is 200 Å². The van der Waals surface area contributed by atoms with Gasteiger partial charge >= 0.3 is 5.97 Å². The number of carbonyl (C=O) groups is 1. The molecule has 344 valence electrons. The van der Waals surface area contributed by atoms with Gasteiger partial charge in [-0.15, -0.1) is 0 Å². The predicted octanol–water partition coefficient (Wildman–Crippen LogP) is 11.3. The number of ether oxygens (including phenoxy) is 4. The number of unbranched alkanes of at least 4 members (excludes halogenated alkanes) is 22. The second-order valence-corrected chi connectivity index (χ2v) is 16.6. The Kier molecular flexibility index (Phi) is 38.8. The van der Waals surface area contributed by atoms with Gasteiger partial charge in [-0.25, -0.2) is 0 Å². The van der Waals surface area contributed by atoms with Crippen LogP contribution in [-0.4, -0.2) is 89.6 Å². The van der Waals surface area contributed by atoms with E-state index in [9.17, 15) is 25.2 Å². The van der Waals surface area contributed by atoms with E-state index in [2.05, 4.69) is 62.5 Å². The van der Waals surface area contributed by atoms with Gasteiger partial charge in [0.15, 0.2) is 6.29 Å². The maximum Gasteiger partial charge on any atom is 0.306 e. The lowest BCUT2D eigenvalue weighted by Gasteiger charge is -2.39. The molecule has 1 rings (SSSR count). The molecule has 1 heterocycles. The molecule has 0 aromatic carbocycles. The maximum atomic E-state index is 12.8. The average Bonchev–Trinajstić information content (AvgIpc) is 3.24. The van der Waals surface area contributed by atoms with Crippen LogP contribution in [0, 0.1) is 0 Å². The van der Waals surface area contributed by atoms with Crippen LogP contribution in [0.2, 0.25) is 0 Å². The van der Waals surface area contributed by atoms with E-state index >= 15 is 0 Å². The Morgan fingerprint density at radius 2 is 0.983 bits per heavy atom. The van der Waals surface area contributed by atoms with E-state index in [4.69, 9.17) is 18.9 Å². The van der Waals surface area contributed by atoms with E-state index < -0.39 is 43.4 Å². The third-order valence-electron chi connectivity index (χ3n) is 11.0. The van der Waals surface area contributed by atoms with Gasteiger partial charge < -0.3 is 39.4 Å². The van der Waals surface area contributed by atoms with Crippen LogP contribution in [0.25, 0.3) is 0 Å². The van der Waals surface area contributed by atoms with Gasteiger partial charge in [-0.3, -0.25) is 4.79 Å². The molecule has 1 aliphatic heterocycles. The minimum absolute atomic E-state index is 0.122. The minimum Gasteiger partial charge on any atom is -0.457 e. The molecule has 1 fully saturated rings. The molecule has 0 aromatic heterocycles. The number of aliphatic hydroxyl groups excluding tert-OH is 4. The van der Waals surface area contributed by atoms with E-state index in [-0.39, 0.29) is 19.2 Å². The molecule has 0 amide bonds. The predicted molar refractivity (Wildman–Crippen MR) is 242 cm³/mol. The summed E-state index contributed by atoms with van der Waals surface area (Å²) in [5, 5.41) is 40.2. The molecule has 0 bridgehead atoms. The molecule has 1 saturated heterocycles. The van der Waals surface area contributed by atoms with Crippen LogP contribution in [-0.2, 0) is 23.7 Å². The molecule has 0 saturated carbocycles. The SMILES string of the molecule is CCCCC/C=C\C/C=C\C/C=C\CCCCCCCCC(=O)OC(COCCCCCCCC/C=C\CCCCCCCCC)COC1OC(CO)C(O)C(O)C1O. The number of hydrogen-bond donors (Lipinski definition) is 4. The summed E-state index contributed by atoms with van der Waals surface area (Å²) in [6, 6.07) is 0. The van der Waals surface area contributed by atoms with Crippen LogP contribution < -0.4 is 0 Å². The van der Waals surface area contributed by atoms with Crippen molar-refractivity contribution in [3.8, 4) is 0 Å². The number of hydrogen-bond acceptors (Lipinski definition) is 9. The van der Waals surface area contributed by atoms with Crippen LogP contribution in [0.3, 0.4) is 0 Å². The molecule has 0 aliphatic carbocycles. The number of esters is 1. The number of allylic oxidation sites excluding steroid dienone is 8. The lowest BCUT2D eigenvalue weighted by Crippen LogP contribution is -2.59.